The lowest BCUT2D eigenvalue weighted by Gasteiger charge is -2.09. The lowest BCUT2D eigenvalue weighted by Crippen LogP contribution is -1.86. The summed E-state index contributed by atoms with van der Waals surface area (Å²) in [5.41, 5.74) is 5.73. The number of hydrogen-bond donors (Lipinski definition) is 0. The van der Waals surface area contributed by atoms with Crippen molar-refractivity contribution in [1.29, 1.82) is 0 Å². The third kappa shape index (κ3) is 1.32. The summed E-state index contributed by atoms with van der Waals surface area (Å²) in [5.74, 6) is 0. The summed E-state index contributed by atoms with van der Waals surface area (Å²) in [5, 5.41) is 2.87. The first-order valence-corrected chi connectivity index (χ1v) is 6.43. The molecule has 0 heteroatoms. The second-order valence-corrected chi connectivity index (χ2v) is 4.90. The maximum atomic E-state index is 3.09. The van der Waals surface area contributed by atoms with Gasteiger partial charge in [0.25, 0.3) is 0 Å². The molecule has 0 aromatic heterocycles. The highest BCUT2D eigenvalue weighted by atomic mass is 14.2. The Morgan fingerprint density at radius 2 is 1.72 bits per heavy atom. The molecule has 0 N–H and O–H groups in total. The zero-order valence-electron chi connectivity index (χ0n) is 10.1. The number of rotatable bonds is 1. The van der Waals surface area contributed by atoms with Gasteiger partial charge in [0.1, 0.15) is 0 Å². The first kappa shape index (κ1) is 9.90. The Hall–Kier alpha value is -2.08. The van der Waals surface area contributed by atoms with Crippen LogP contribution >= 0.6 is 0 Å². The molecule has 0 heterocycles. The molecule has 0 atom stereocenters. The Bertz CT molecular complexity index is 724. The van der Waals surface area contributed by atoms with Gasteiger partial charge in [-0.1, -0.05) is 54.6 Å². The van der Waals surface area contributed by atoms with Gasteiger partial charge in [0.05, 0.1) is 0 Å². The molecule has 0 spiro atoms. The Labute approximate surface area is 107 Å². The molecule has 18 heavy (non-hydrogen) atoms. The van der Waals surface area contributed by atoms with Crippen LogP contribution in [0.2, 0.25) is 0 Å². The predicted molar refractivity (Wildman–Crippen MR) is 75.6 cm³/mol. The van der Waals surface area contributed by atoms with E-state index in [2.05, 4.69) is 48.5 Å². The van der Waals surface area contributed by atoms with E-state index in [0.717, 1.165) is 0 Å². The van der Waals surface area contributed by atoms with Crippen molar-refractivity contribution in [2.45, 2.75) is 12.8 Å². The van der Waals surface area contributed by atoms with Crippen molar-refractivity contribution in [3.8, 4) is 11.1 Å². The maximum Gasteiger partial charge on any atom is -0.0113 e. The van der Waals surface area contributed by atoms with Gasteiger partial charge < -0.3 is 0 Å². The molecule has 0 saturated carbocycles. The third-order valence-electron chi connectivity index (χ3n) is 3.91. The first-order chi connectivity index (χ1) is 8.93. The van der Waals surface area contributed by atoms with Gasteiger partial charge in [0, 0.05) is 0 Å². The van der Waals surface area contributed by atoms with Gasteiger partial charge in [-0.25, -0.2) is 0 Å². The molecule has 85 valence electrons. The lowest BCUT2D eigenvalue weighted by molar-refractivity contribution is 1.03. The average Bonchev–Trinajstić information content (AvgIpc) is 2.87. The van der Waals surface area contributed by atoms with E-state index in [4.69, 9.17) is 0 Å². The minimum absolute atomic E-state index is 1.17. The van der Waals surface area contributed by atoms with Crippen LogP contribution in [0.5, 0.6) is 0 Å². The minimum atomic E-state index is 1.17. The van der Waals surface area contributed by atoms with Gasteiger partial charge in [-0.2, -0.15) is 0 Å². The van der Waals surface area contributed by atoms with Crippen LogP contribution < -0.4 is 0 Å². The van der Waals surface area contributed by atoms with Gasteiger partial charge in [0.2, 0.25) is 0 Å². The molecule has 0 aliphatic heterocycles. The molecule has 3 aromatic rings. The van der Waals surface area contributed by atoms with E-state index < -0.39 is 0 Å². The predicted octanol–water partition coefficient (Wildman–Crippen LogP) is 4.41. The smallest absolute Gasteiger partial charge is 0.0113 e. The van der Waals surface area contributed by atoms with E-state index in [1.807, 2.05) is 12.1 Å². The summed E-state index contributed by atoms with van der Waals surface area (Å²) in [4.78, 5) is 0. The lowest BCUT2D eigenvalue weighted by atomic mass is 9.95. The van der Waals surface area contributed by atoms with Crippen molar-refractivity contribution in [2.24, 2.45) is 0 Å². The van der Waals surface area contributed by atoms with Crippen molar-refractivity contribution in [3.05, 3.63) is 71.8 Å². The first-order valence-electron chi connectivity index (χ1n) is 6.43. The fourth-order valence-corrected chi connectivity index (χ4v) is 3.10. The highest BCUT2D eigenvalue weighted by molar-refractivity contribution is 5.95. The van der Waals surface area contributed by atoms with E-state index in [0.29, 0.717) is 0 Å². The summed E-state index contributed by atoms with van der Waals surface area (Å²) in [6.45, 7) is 0. The highest BCUT2D eigenvalue weighted by Crippen LogP contribution is 2.37. The summed E-state index contributed by atoms with van der Waals surface area (Å²) >= 11 is 0. The van der Waals surface area contributed by atoms with E-state index in [9.17, 15) is 0 Å². The summed E-state index contributed by atoms with van der Waals surface area (Å²) in [6.07, 6.45) is 2.35. The van der Waals surface area contributed by atoms with Gasteiger partial charge in [-0.05, 0) is 51.9 Å². The van der Waals surface area contributed by atoms with Crippen LogP contribution in [0.1, 0.15) is 11.1 Å². The number of aryl methyl sites for hydroxylation is 2. The van der Waals surface area contributed by atoms with E-state index in [1.165, 1.54) is 45.9 Å². The quantitative estimate of drug-likeness (QED) is 0.580. The molecule has 0 amide bonds. The number of hydrogen-bond acceptors (Lipinski definition) is 0. The molecule has 0 nitrogen and oxygen atoms in total. The Morgan fingerprint density at radius 3 is 2.61 bits per heavy atom. The van der Waals surface area contributed by atoms with Crippen LogP contribution in [-0.4, -0.2) is 0 Å². The molecule has 1 aliphatic carbocycles. The Morgan fingerprint density at radius 1 is 0.833 bits per heavy atom. The second kappa shape index (κ2) is 3.71. The standard InChI is InChI=1S/C18H13/c1-2-5-13(6-3-1)16-11-9-14-7-4-8-15-10-12-17(16)18(14)15/h2-9,11H,10,12H2. The van der Waals surface area contributed by atoms with Crippen molar-refractivity contribution in [2.75, 3.05) is 0 Å². The monoisotopic (exact) mass is 229 g/mol. The normalized spacial score (nSPS) is 13.1. The van der Waals surface area contributed by atoms with Crippen LogP contribution in [0.3, 0.4) is 0 Å². The van der Waals surface area contributed by atoms with Crippen LogP contribution in [0, 0.1) is 6.07 Å². The molecule has 1 radical (unpaired) electrons. The van der Waals surface area contributed by atoms with Crippen LogP contribution in [-0.2, 0) is 12.8 Å². The van der Waals surface area contributed by atoms with E-state index in [-0.39, 0.29) is 0 Å². The molecule has 4 rings (SSSR count). The van der Waals surface area contributed by atoms with Crippen molar-refractivity contribution < 1.29 is 0 Å². The molecular formula is C18H13. The largest absolute Gasteiger partial charge is 0.0614 e. The third-order valence-corrected chi connectivity index (χ3v) is 3.91. The number of benzene rings is 3. The van der Waals surface area contributed by atoms with E-state index >= 15 is 0 Å². The minimum Gasteiger partial charge on any atom is -0.0614 e. The highest BCUT2D eigenvalue weighted by Gasteiger charge is 2.17. The zero-order valence-corrected chi connectivity index (χ0v) is 10.1. The molecule has 1 aliphatic rings. The Balaban J connectivity index is 2.07. The SMILES string of the molecule is [c]1ccc(-c2ccc3cccc4c3c2CC4)cc1. The summed E-state index contributed by atoms with van der Waals surface area (Å²) in [7, 11) is 0. The van der Waals surface area contributed by atoms with Crippen molar-refractivity contribution in [1.82, 2.24) is 0 Å². The summed E-state index contributed by atoms with van der Waals surface area (Å²) in [6, 6.07) is 22.5. The Kier molecular flexibility index (Phi) is 2.04. The van der Waals surface area contributed by atoms with Gasteiger partial charge in [-0.15, -0.1) is 0 Å². The van der Waals surface area contributed by atoms with E-state index in [1.54, 1.807) is 0 Å². The van der Waals surface area contributed by atoms with Crippen LogP contribution in [0.15, 0.2) is 54.6 Å². The fourth-order valence-electron chi connectivity index (χ4n) is 3.10. The van der Waals surface area contributed by atoms with Gasteiger partial charge in [-0.3, -0.25) is 0 Å². The maximum absolute atomic E-state index is 3.09. The van der Waals surface area contributed by atoms with Crippen LogP contribution in [0.25, 0.3) is 21.9 Å². The molecule has 0 fully saturated rings. The molecular weight excluding hydrogens is 216 g/mol. The van der Waals surface area contributed by atoms with Gasteiger partial charge in [0.15, 0.2) is 0 Å². The zero-order chi connectivity index (χ0) is 11.9. The molecule has 0 unspecified atom stereocenters. The average molecular weight is 229 g/mol. The van der Waals surface area contributed by atoms with Crippen molar-refractivity contribution >= 4 is 10.8 Å². The molecule has 3 aromatic carbocycles. The second-order valence-electron chi connectivity index (χ2n) is 4.90. The topological polar surface area (TPSA) is 0 Å². The summed E-state index contributed by atoms with van der Waals surface area (Å²) < 4.78 is 0. The fraction of sp³-hybridized carbons (Fsp3) is 0.111. The molecule has 0 bridgehead atoms. The van der Waals surface area contributed by atoms with Crippen molar-refractivity contribution in [3.63, 3.8) is 0 Å². The molecule has 0 saturated heterocycles. The van der Waals surface area contributed by atoms with Gasteiger partial charge >= 0.3 is 0 Å². The van der Waals surface area contributed by atoms with Crippen LogP contribution in [0.4, 0.5) is 0 Å².